The van der Waals surface area contributed by atoms with E-state index in [1.54, 1.807) is 0 Å². The van der Waals surface area contributed by atoms with Crippen LogP contribution in [-0.2, 0) is 9.59 Å². The number of carbonyl (C=O) groups is 3. The number of benzene rings is 2. The first-order valence-corrected chi connectivity index (χ1v) is 8.34. The van der Waals surface area contributed by atoms with Gasteiger partial charge in [-0.2, -0.15) is 0 Å². The average Bonchev–Trinajstić information content (AvgIpc) is 2.65. The Hall–Kier alpha value is -3.29. The molecule has 1 heterocycles. The molecule has 8 heteroatoms. The second-order valence-electron chi connectivity index (χ2n) is 6.07. The van der Waals surface area contributed by atoms with E-state index in [0.717, 1.165) is 12.1 Å². The molecule has 3 rings (SSSR count). The molecule has 3 amide bonds. The Bertz CT molecular complexity index is 854. The van der Waals surface area contributed by atoms with Gasteiger partial charge >= 0.3 is 0 Å². The van der Waals surface area contributed by atoms with Crippen LogP contribution < -0.4 is 10.6 Å². The van der Waals surface area contributed by atoms with Gasteiger partial charge in [0.15, 0.2) is 0 Å². The summed E-state index contributed by atoms with van der Waals surface area (Å²) in [6, 6.07) is 9.20. The fourth-order valence-corrected chi connectivity index (χ4v) is 2.84. The first-order chi connectivity index (χ1) is 12.9. The molecule has 0 saturated carbocycles. The summed E-state index contributed by atoms with van der Waals surface area (Å²) < 4.78 is 26.0. The number of amides is 3. The maximum absolute atomic E-state index is 13.1. The molecule has 1 aliphatic heterocycles. The zero-order valence-corrected chi connectivity index (χ0v) is 14.2. The SMILES string of the molecule is O=C(CC1C(=O)NCCN1C(=O)c1ccc(F)cc1)Nc1ccc(F)cc1. The molecule has 2 aromatic carbocycles. The Morgan fingerprint density at radius 1 is 1.04 bits per heavy atom. The van der Waals surface area contributed by atoms with Crippen LogP contribution in [0.25, 0.3) is 0 Å². The molecule has 0 bridgehead atoms. The van der Waals surface area contributed by atoms with Gasteiger partial charge in [0.05, 0.1) is 6.42 Å². The van der Waals surface area contributed by atoms with Gasteiger partial charge in [-0.05, 0) is 48.5 Å². The lowest BCUT2D eigenvalue weighted by Crippen LogP contribution is -2.58. The topological polar surface area (TPSA) is 78.5 Å². The van der Waals surface area contributed by atoms with Crippen molar-refractivity contribution in [3.8, 4) is 0 Å². The number of rotatable bonds is 4. The molecule has 2 N–H and O–H groups in total. The van der Waals surface area contributed by atoms with Crippen molar-refractivity contribution in [2.75, 3.05) is 18.4 Å². The molecule has 0 aromatic heterocycles. The lowest BCUT2D eigenvalue weighted by Gasteiger charge is -2.34. The van der Waals surface area contributed by atoms with Crippen LogP contribution in [0.4, 0.5) is 14.5 Å². The highest BCUT2D eigenvalue weighted by Crippen LogP contribution is 2.16. The number of halogens is 2. The van der Waals surface area contributed by atoms with Crippen LogP contribution in [0.3, 0.4) is 0 Å². The van der Waals surface area contributed by atoms with E-state index in [1.807, 2.05) is 0 Å². The number of hydrogen-bond acceptors (Lipinski definition) is 3. The number of nitrogens with one attached hydrogen (secondary N) is 2. The Labute approximate surface area is 154 Å². The Morgan fingerprint density at radius 2 is 1.63 bits per heavy atom. The van der Waals surface area contributed by atoms with Gasteiger partial charge in [0.1, 0.15) is 17.7 Å². The normalized spacial score (nSPS) is 16.6. The minimum atomic E-state index is -0.989. The Balaban J connectivity index is 1.72. The van der Waals surface area contributed by atoms with Crippen molar-refractivity contribution in [3.63, 3.8) is 0 Å². The maximum atomic E-state index is 13.1. The van der Waals surface area contributed by atoms with Crippen LogP contribution in [0.15, 0.2) is 48.5 Å². The van der Waals surface area contributed by atoms with Crippen LogP contribution in [0.1, 0.15) is 16.8 Å². The Morgan fingerprint density at radius 3 is 2.26 bits per heavy atom. The molecule has 0 radical (unpaired) electrons. The third-order valence-corrected chi connectivity index (χ3v) is 4.19. The van der Waals surface area contributed by atoms with Gasteiger partial charge in [0.25, 0.3) is 5.91 Å². The predicted molar refractivity (Wildman–Crippen MR) is 93.9 cm³/mol. The van der Waals surface area contributed by atoms with Crippen LogP contribution in [0.5, 0.6) is 0 Å². The summed E-state index contributed by atoms with van der Waals surface area (Å²) >= 11 is 0. The molecule has 1 aliphatic rings. The monoisotopic (exact) mass is 373 g/mol. The van der Waals surface area contributed by atoms with Crippen LogP contribution in [-0.4, -0.2) is 41.8 Å². The molecule has 0 spiro atoms. The van der Waals surface area contributed by atoms with Crippen molar-refractivity contribution in [1.29, 1.82) is 0 Å². The summed E-state index contributed by atoms with van der Waals surface area (Å²) in [4.78, 5) is 38.5. The molecule has 1 fully saturated rings. The second kappa shape index (κ2) is 7.94. The van der Waals surface area contributed by atoms with Crippen molar-refractivity contribution >= 4 is 23.4 Å². The van der Waals surface area contributed by atoms with Crippen LogP contribution in [0, 0.1) is 11.6 Å². The average molecular weight is 373 g/mol. The van der Waals surface area contributed by atoms with Gasteiger partial charge in [-0.1, -0.05) is 0 Å². The summed E-state index contributed by atoms with van der Waals surface area (Å²) in [6.07, 6.45) is -0.254. The molecule has 0 aliphatic carbocycles. The van der Waals surface area contributed by atoms with Gasteiger partial charge in [-0.15, -0.1) is 0 Å². The maximum Gasteiger partial charge on any atom is 0.254 e. The summed E-state index contributed by atoms with van der Waals surface area (Å²) in [5.74, 6) is -2.29. The van der Waals surface area contributed by atoms with Crippen molar-refractivity contribution in [2.45, 2.75) is 12.5 Å². The molecular weight excluding hydrogens is 356 g/mol. The van der Waals surface area contributed by atoms with Crippen molar-refractivity contribution < 1.29 is 23.2 Å². The standard InChI is InChI=1S/C19H17F2N3O3/c20-13-3-1-12(2-4-13)19(27)24-10-9-22-18(26)16(24)11-17(25)23-15-7-5-14(21)6-8-15/h1-8,16H,9-11H2,(H,22,26)(H,23,25). The number of hydrogen-bond donors (Lipinski definition) is 2. The zero-order valence-electron chi connectivity index (χ0n) is 14.2. The summed E-state index contributed by atoms with van der Waals surface area (Å²) in [5.41, 5.74) is 0.615. The lowest BCUT2D eigenvalue weighted by atomic mass is 10.1. The van der Waals surface area contributed by atoms with E-state index >= 15 is 0 Å². The predicted octanol–water partition coefficient (Wildman–Crippen LogP) is 1.93. The number of nitrogens with zero attached hydrogens (tertiary/aromatic N) is 1. The van der Waals surface area contributed by atoms with Crippen molar-refractivity contribution in [2.24, 2.45) is 0 Å². The highest BCUT2D eigenvalue weighted by Gasteiger charge is 2.35. The van der Waals surface area contributed by atoms with Gasteiger partial charge in [-0.3, -0.25) is 14.4 Å². The van der Waals surface area contributed by atoms with Crippen molar-refractivity contribution in [1.82, 2.24) is 10.2 Å². The molecule has 2 aromatic rings. The lowest BCUT2D eigenvalue weighted by molar-refractivity contribution is -0.131. The van der Waals surface area contributed by atoms with E-state index in [1.165, 1.54) is 41.3 Å². The third-order valence-electron chi connectivity index (χ3n) is 4.19. The fraction of sp³-hybridized carbons (Fsp3) is 0.211. The summed E-state index contributed by atoms with van der Waals surface area (Å²) in [7, 11) is 0. The van der Waals surface area contributed by atoms with E-state index in [4.69, 9.17) is 0 Å². The largest absolute Gasteiger partial charge is 0.353 e. The van der Waals surface area contributed by atoms with Crippen molar-refractivity contribution in [3.05, 3.63) is 65.7 Å². The van der Waals surface area contributed by atoms with E-state index in [0.29, 0.717) is 5.69 Å². The van der Waals surface area contributed by atoms with E-state index in [-0.39, 0.29) is 25.1 Å². The van der Waals surface area contributed by atoms with Gasteiger partial charge in [0.2, 0.25) is 11.8 Å². The highest BCUT2D eigenvalue weighted by molar-refractivity contribution is 6.01. The van der Waals surface area contributed by atoms with Gasteiger partial charge in [-0.25, -0.2) is 8.78 Å². The zero-order chi connectivity index (χ0) is 19.4. The molecule has 140 valence electrons. The smallest absolute Gasteiger partial charge is 0.254 e. The third kappa shape index (κ3) is 4.46. The first-order valence-electron chi connectivity index (χ1n) is 8.34. The molecule has 6 nitrogen and oxygen atoms in total. The summed E-state index contributed by atoms with van der Waals surface area (Å²) in [5, 5.41) is 5.20. The Kier molecular flexibility index (Phi) is 5.44. The first kappa shape index (κ1) is 18.5. The van der Waals surface area contributed by atoms with E-state index < -0.39 is 35.4 Å². The van der Waals surface area contributed by atoms with E-state index in [9.17, 15) is 23.2 Å². The minimum absolute atomic E-state index is 0.232. The molecule has 1 atom stereocenters. The van der Waals surface area contributed by atoms with E-state index in [2.05, 4.69) is 10.6 Å². The fourth-order valence-electron chi connectivity index (χ4n) is 2.84. The second-order valence-corrected chi connectivity index (χ2v) is 6.07. The molecular formula is C19H17F2N3O3. The van der Waals surface area contributed by atoms with Crippen LogP contribution in [0.2, 0.25) is 0 Å². The van der Waals surface area contributed by atoms with Gasteiger partial charge in [0, 0.05) is 24.3 Å². The number of anilines is 1. The minimum Gasteiger partial charge on any atom is -0.353 e. The number of piperazine rings is 1. The quantitative estimate of drug-likeness (QED) is 0.860. The van der Waals surface area contributed by atoms with Gasteiger partial charge < -0.3 is 15.5 Å². The molecule has 1 saturated heterocycles. The van der Waals surface area contributed by atoms with Crippen LogP contribution >= 0.6 is 0 Å². The summed E-state index contributed by atoms with van der Waals surface area (Å²) in [6.45, 7) is 0.498. The highest BCUT2D eigenvalue weighted by atomic mass is 19.1. The molecule has 27 heavy (non-hydrogen) atoms. The number of carbonyl (C=O) groups excluding carboxylic acids is 3. The molecule has 1 unspecified atom stereocenters.